The standard InChI is InChI=1S/C35H41FN6O4S/c1-34(2,3)47(46)41-35(16-15-22-7-8-22,24-6-4-5-23(17-24)20-37)25-9-14-29(36)30(18-25)40-32(44)31-19-28(43)21-42(31)33(45)39-27-12-10-26(38)11-13-27/h4-6,9-14,17-18,22,28,31,41,43H,7-8,15-16,19,21,38H2,1-3H3,(H,39,45)(H,40,44)/t28-,31-,35?,47?/m1/s1. The molecular formula is C35H41FN6O4S. The zero-order chi connectivity index (χ0) is 33.9. The summed E-state index contributed by atoms with van der Waals surface area (Å²) in [5.41, 5.74) is 7.19. The van der Waals surface area contributed by atoms with Crippen LogP contribution < -0.4 is 21.1 Å². The average molecular weight is 661 g/mol. The predicted octanol–water partition coefficient (Wildman–Crippen LogP) is 5.37. The van der Waals surface area contributed by atoms with Crippen molar-refractivity contribution in [3.05, 3.63) is 89.2 Å². The number of hydrogen-bond acceptors (Lipinski definition) is 7. The molecule has 0 aromatic heterocycles. The summed E-state index contributed by atoms with van der Waals surface area (Å²) in [4.78, 5) is 28.0. The van der Waals surface area contributed by atoms with Crippen LogP contribution in [0.5, 0.6) is 0 Å². The van der Waals surface area contributed by atoms with Crippen LogP contribution in [0.1, 0.15) is 69.6 Å². The molecule has 0 bridgehead atoms. The van der Waals surface area contributed by atoms with Gasteiger partial charge in [0.2, 0.25) is 5.91 Å². The maximum atomic E-state index is 15.5. The number of benzene rings is 3. The van der Waals surface area contributed by atoms with Gasteiger partial charge in [-0.15, -0.1) is 4.72 Å². The van der Waals surface area contributed by atoms with Crippen LogP contribution in [0.15, 0.2) is 66.7 Å². The van der Waals surface area contributed by atoms with E-state index in [4.69, 9.17) is 5.73 Å². The number of nitrogen functional groups attached to an aromatic ring is 1. The smallest absolute Gasteiger partial charge is 0.322 e. The van der Waals surface area contributed by atoms with Crippen LogP contribution in [0, 0.1) is 23.1 Å². The molecule has 1 aliphatic carbocycles. The summed E-state index contributed by atoms with van der Waals surface area (Å²) in [5, 5.41) is 25.5. The molecule has 10 nitrogen and oxygen atoms in total. The highest BCUT2D eigenvalue weighted by molar-refractivity contribution is 7.90. The van der Waals surface area contributed by atoms with Gasteiger partial charge in [0.1, 0.15) is 22.1 Å². The van der Waals surface area contributed by atoms with Crippen molar-refractivity contribution in [3.63, 3.8) is 0 Å². The normalized spacial score (nSPS) is 19.8. The van der Waals surface area contributed by atoms with Gasteiger partial charge in [-0.2, -0.15) is 5.26 Å². The Labute approximate surface area is 277 Å². The van der Waals surface area contributed by atoms with Crippen molar-refractivity contribution in [2.45, 2.75) is 75.3 Å². The van der Waals surface area contributed by atoms with Gasteiger partial charge < -0.3 is 30.9 Å². The van der Waals surface area contributed by atoms with Crippen molar-refractivity contribution in [2.75, 3.05) is 22.9 Å². The van der Waals surface area contributed by atoms with E-state index in [1.54, 1.807) is 48.5 Å². The van der Waals surface area contributed by atoms with E-state index in [0.29, 0.717) is 40.4 Å². The molecule has 0 radical (unpaired) electrons. The fourth-order valence-electron chi connectivity index (χ4n) is 5.77. The Balaban J connectivity index is 1.48. The molecule has 4 atom stereocenters. The van der Waals surface area contributed by atoms with Gasteiger partial charge in [0, 0.05) is 35.7 Å². The first kappa shape index (κ1) is 34.2. The van der Waals surface area contributed by atoms with E-state index in [9.17, 15) is 24.5 Å². The number of nitriles is 1. The van der Waals surface area contributed by atoms with Crippen molar-refractivity contribution in [3.8, 4) is 6.07 Å². The summed E-state index contributed by atoms with van der Waals surface area (Å²) in [5.74, 6) is -0.846. The minimum Gasteiger partial charge on any atom is -0.598 e. The van der Waals surface area contributed by atoms with Crippen molar-refractivity contribution in [2.24, 2.45) is 5.92 Å². The lowest BCUT2D eigenvalue weighted by Gasteiger charge is -2.39. The van der Waals surface area contributed by atoms with Crippen LogP contribution in [0.2, 0.25) is 0 Å². The number of β-amino-alcohol motifs (C(OH)–C–C–N with tert-alkyl or cyclic N) is 1. The number of hydrogen-bond donors (Lipinski definition) is 5. The topological polar surface area (TPSA) is 167 Å². The van der Waals surface area contributed by atoms with E-state index in [1.165, 1.54) is 17.0 Å². The van der Waals surface area contributed by atoms with E-state index >= 15 is 4.39 Å². The molecule has 1 saturated heterocycles. The lowest BCUT2D eigenvalue weighted by Crippen LogP contribution is -2.52. The predicted molar refractivity (Wildman–Crippen MR) is 181 cm³/mol. The molecule has 12 heteroatoms. The molecule has 47 heavy (non-hydrogen) atoms. The molecule has 3 amide bonds. The fraction of sp³-hybridized carbons (Fsp3) is 0.400. The molecule has 3 aromatic carbocycles. The Morgan fingerprint density at radius 1 is 1.09 bits per heavy atom. The minimum atomic E-state index is -1.57. The Kier molecular flexibility index (Phi) is 10.1. The number of rotatable bonds is 10. The van der Waals surface area contributed by atoms with Crippen molar-refractivity contribution < 1.29 is 23.6 Å². The quantitative estimate of drug-likeness (QED) is 0.144. The third-order valence-corrected chi connectivity index (χ3v) is 10.3. The van der Waals surface area contributed by atoms with Gasteiger partial charge in [0.15, 0.2) is 0 Å². The molecule has 2 fully saturated rings. The molecule has 5 rings (SSSR count). The number of halogens is 1. The highest BCUT2D eigenvalue weighted by Crippen LogP contribution is 2.43. The molecule has 6 N–H and O–H groups in total. The number of nitrogens with zero attached hydrogens (tertiary/aromatic N) is 2. The second kappa shape index (κ2) is 13.9. The lowest BCUT2D eigenvalue weighted by atomic mass is 9.79. The zero-order valence-corrected chi connectivity index (χ0v) is 27.6. The number of anilines is 3. The SMILES string of the molecule is CC(C)(C)[S+]([O-])NC(CCC1CC1)(c1cccc(C#N)c1)c1ccc(F)c(NC(=O)[C@H]2C[C@@H](O)CN2C(=O)Nc2ccc(N)cc2)c1. The molecule has 2 unspecified atom stereocenters. The van der Waals surface area contributed by atoms with Gasteiger partial charge >= 0.3 is 6.03 Å². The van der Waals surface area contributed by atoms with Crippen LogP contribution in [0.4, 0.5) is 26.2 Å². The lowest BCUT2D eigenvalue weighted by molar-refractivity contribution is -0.119. The van der Waals surface area contributed by atoms with Gasteiger partial charge in [-0.3, -0.25) is 4.79 Å². The number of likely N-dealkylation sites (tertiary alicyclic amines) is 1. The number of aliphatic hydroxyl groups excluding tert-OH is 1. The first-order chi connectivity index (χ1) is 22.3. The van der Waals surface area contributed by atoms with Crippen LogP contribution in [0.3, 0.4) is 0 Å². The summed E-state index contributed by atoms with van der Waals surface area (Å²) < 4.78 is 31.9. The van der Waals surface area contributed by atoms with Crippen LogP contribution in [-0.2, 0) is 21.7 Å². The van der Waals surface area contributed by atoms with E-state index in [0.717, 1.165) is 19.3 Å². The first-order valence-corrected chi connectivity index (χ1v) is 16.9. The second-order valence-corrected chi connectivity index (χ2v) is 15.3. The summed E-state index contributed by atoms with van der Waals surface area (Å²) in [6, 6.07) is 18.5. The molecular weight excluding hydrogens is 619 g/mol. The third-order valence-electron chi connectivity index (χ3n) is 8.65. The number of urea groups is 1. The highest BCUT2D eigenvalue weighted by Gasteiger charge is 2.44. The number of amides is 3. The van der Waals surface area contributed by atoms with Crippen molar-refractivity contribution in [1.82, 2.24) is 9.62 Å². The molecule has 1 aliphatic heterocycles. The second-order valence-electron chi connectivity index (χ2n) is 13.4. The van der Waals surface area contributed by atoms with Gasteiger partial charge in [-0.25, -0.2) is 9.18 Å². The summed E-state index contributed by atoms with van der Waals surface area (Å²) in [7, 11) is 0. The zero-order valence-electron chi connectivity index (χ0n) is 26.8. The van der Waals surface area contributed by atoms with Gasteiger partial charge in [0.25, 0.3) is 0 Å². The van der Waals surface area contributed by atoms with Crippen LogP contribution >= 0.6 is 0 Å². The fourth-order valence-corrected chi connectivity index (χ4v) is 6.73. The van der Waals surface area contributed by atoms with E-state index in [1.807, 2.05) is 26.8 Å². The molecule has 1 heterocycles. The van der Waals surface area contributed by atoms with Crippen LogP contribution in [-0.4, -0.2) is 49.9 Å². The maximum Gasteiger partial charge on any atom is 0.322 e. The monoisotopic (exact) mass is 660 g/mol. The van der Waals surface area contributed by atoms with Gasteiger partial charge in [0.05, 0.1) is 23.4 Å². The number of carbonyl (C=O) groups excluding carboxylic acids is 2. The first-order valence-electron chi connectivity index (χ1n) is 15.7. The van der Waals surface area contributed by atoms with E-state index in [2.05, 4.69) is 21.4 Å². The Morgan fingerprint density at radius 2 is 1.79 bits per heavy atom. The summed E-state index contributed by atoms with van der Waals surface area (Å²) in [6.45, 7) is 5.49. The average Bonchev–Trinajstić information content (AvgIpc) is 3.79. The molecule has 0 spiro atoms. The molecule has 2 aliphatic rings. The summed E-state index contributed by atoms with van der Waals surface area (Å²) >= 11 is -1.57. The summed E-state index contributed by atoms with van der Waals surface area (Å²) in [6.07, 6.45) is 2.54. The Morgan fingerprint density at radius 3 is 2.45 bits per heavy atom. The van der Waals surface area contributed by atoms with Gasteiger partial charge in [-0.05, 0) is 99.2 Å². The number of nitrogens with one attached hydrogen (secondary N) is 3. The van der Waals surface area contributed by atoms with E-state index in [-0.39, 0.29) is 18.7 Å². The Bertz CT molecular complexity index is 1650. The maximum absolute atomic E-state index is 15.5. The van der Waals surface area contributed by atoms with E-state index < -0.39 is 51.5 Å². The Hall–Kier alpha value is -4.15. The number of aliphatic hydroxyl groups is 1. The van der Waals surface area contributed by atoms with Crippen molar-refractivity contribution >= 4 is 40.4 Å². The highest BCUT2D eigenvalue weighted by atomic mass is 32.2. The largest absolute Gasteiger partial charge is 0.598 e. The van der Waals surface area contributed by atoms with Crippen LogP contribution in [0.25, 0.3) is 0 Å². The molecule has 3 aromatic rings. The molecule has 1 saturated carbocycles. The van der Waals surface area contributed by atoms with Crippen molar-refractivity contribution in [1.29, 1.82) is 5.26 Å². The third kappa shape index (κ3) is 8.05. The molecule has 248 valence electrons. The van der Waals surface area contributed by atoms with Gasteiger partial charge in [-0.1, -0.05) is 31.0 Å². The minimum absolute atomic E-state index is 0.0271. The number of nitrogens with two attached hydrogens (primary N) is 1. The number of carbonyl (C=O) groups is 2.